The fourth-order valence-electron chi connectivity index (χ4n) is 1.70. The van der Waals surface area contributed by atoms with Crippen molar-refractivity contribution in [1.29, 1.82) is 0 Å². The summed E-state index contributed by atoms with van der Waals surface area (Å²) in [5.41, 5.74) is 0.775. The largest absolute Gasteiger partial charge is 0.365 e. The maximum atomic E-state index is 12.0. The van der Waals surface area contributed by atoms with Gasteiger partial charge in [-0.2, -0.15) is 5.10 Å². The molecule has 0 saturated carbocycles. The first-order valence-electron chi connectivity index (χ1n) is 6.56. The molecule has 1 amide bonds. The van der Waals surface area contributed by atoms with Crippen molar-refractivity contribution in [3.63, 3.8) is 0 Å². The van der Waals surface area contributed by atoms with Crippen LogP contribution in [0.1, 0.15) is 12.6 Å². The van der Waals surface area contributed by atoms with Crippen molar-refractivity contribution in [2.45, 2.75) is 20.0 Å². The van der Waals surface area contributed by atoms with E-state index in [1.807, 2.05) is 14.0 Å². The number of thiazole rings is 1. The Morgan fingerprint density at radius 1 is 1.68 bits per heavy atom. The molecule has 2 heterocycles. The summed E-state index contributed by atoms with van der Waals surface area (Å²) in [5.74, 6) is 0.439. The molecule has 118 valence electrons. The van der Waals surface area contributed by atoms with E-state index in [1.54, 1.807) is 17.6 Å². The normalized spacial score (nSPS) is 12.1. The first kappa shape index (κ1) is 16.5. The zero-order valence-corrected chi connectivity index (χ0v) is 14.2. The van der Waals surface area contributed by atoms with Crippen molar-refractivity contribution in [2.24, 2.45) is 7.05 Å². The van der Waals surface area contributed by atoms with Crippen LogP contribution in [0.3, 0.4) is 0 Å². The van der Waals surface area contributed by atoms with Gasteiger partial charge in [0.1, 0.15) is 6.10 Å². The van der Waals surface area contributed by atoms with Crippen LogP contribution in [0.2, 0.25) is 0 Å². The number of ether oxygens (including phenoxy) is 1. The molecule has 0 aliphatic carbocycles. The van der Waals surface area contributed by atoms with E-state index in [0.717, 1.165) is 10.6 Å². The fraction of sp³-hybridized carbons (Fsp3) is 0.385. The number of nitrogens with one attached hydrogen (secondary N) is 2. The summed E-state index contributed by atoms with van der Waals surface area (Å²) in [6.45, 7) is 7.40. The molecule has 0 saturated heterocycles. The molecule has 0 spiro atoms. The number of hydrogen-bond donors (Lipinski definition) is 2. The molecule has 22 heavy (non-hydrogen) atoms. The molecule has 7 nitrogen and oxygen atoms in total. The Kier molecular flexibility index (Phi) is 5.22. The topological polar surface area (TPSA) is 84.8 Å². The van der Waals surface area contributed by atoms with Crippen LogP contribution in [0, 0.1) is 11.7 Å². The van der Waals surface area contributed by atoms with Gasteiger partial charge in [-0.1, -0.05) is 17.4 Å². The van der Waals surface area contributed by atoms with Crippen LogP contribution in [-0.4, -0.2) is 38.4 Å². The van der Waals surface area contributed by atoms with Crippen molar-refractivity contribution in [3.8, 4) is 10.7 Å². The fourth-order valence-corrected chi connectivity index (χ4v) is 2.83. The second kappa shape index (κ2) is 6.95. The van der Waals surface area contributed by atoms with E-state index in [4.69, 9.17) is 17.0 Å². The first-order chi connectivity index (χ1) is 10.4. The van der Waals surface area contributed by atoms with Crippen molar-refractivity contribution in [3.05, 3.63) is 23.1 Å². The second-order valence-corrected chi connectivity index (χ2v) is 5.98. The van der Waals surface area contributed by atoms with E-state index < -0.39 is 6.10 Å². The minimum absolute atomic E-state index is 0.252. The number of carbonyl (C=O) groups excluding carboxylic acids is 1. The summed E-state index contributed by atoms with van der Waals surface area (Å²) in [5, 5.41) is 10.2. The van der Waals surface area contributed by atoms with E-state index in [-0.39, 0.29) is 5.91 Å². The highest BCUT2D eigenvalue weighted by atomic mass is 32.1. The minimum Gasteiger partial charge on any atom is -0.365 e. The van der Waals surface area contributed by atoms with Gasteiger partial charge in [0.05, 0.1) is 17.2 Å². The maximum absolute atomic E-state index is 12.0. The Bertz CT molecular complexity index is 746. The van der Waals surface area contributed by atoms with Crippen molar-refractivity contribution in [2.75, 3.05) is 11.9 Å². The minimum atomic E-state index is -0.577. The molecule has 0 bridgehead atoms. The molecule has 0 fully saturated rings. The highest BCUT2D eigenvalue weighted by Crippen LogP contribution is 2.31. The Labute approximate surface area is 137 Å². The predicted octanol–water partition coefficient (Wildman–Crippen LogP) is 2.44. The van der Waals surface area contributed by atoms with Crippen LogP contribution in [0.25, 0.3) is 10.7 Å². The third-order valence-corrected chi connectivity index (χ3v) is 4.38. The van der Waals surface area contributed by atoms with Gasteiger partial charge in [0.2, 0.25) is 0 Å². The van der Waals surface area contributed by atoms with E-state index >= 15 is 0 Å². The number of aromatic nitrogens is 4. The number of aryl methyl sites for hydroxylation is 1. The van der Waals surface area contributed by atoms with Crippen molar-refractivity contribution in [1.82, 2.24) is 19.7 Å². The Morgan fingerprint density at radius 2 is 2.41 bits per heavy atom. The lowest BCUT2D eigenvalue weighted by Gasteiger charge is -2.10. The first-order valence-corrected chi connectivity index (χ1v) is 7.79. The van der Waals surface area contributed by atoms with Gasteiger partial charge in [0.25, 0.3) is 5.91 Å². The molecule has 0 aliphatic rings. The summed E-state index contributed by atoms with van der Waals surface area (Å²) in [6, 6.07) is 0. The van der Waals surface area contributed by atoms with E-state index in [1.165, 1.54) is 11.3 Å². The van der Waals surface area contributed by atoms with Gasteiger partial charge in [-0.3, -0.25) is 15.2 Å². The molecule has 1 atom stereocenters. The molecule has 9 heteroatoms. The van der Waals surface area contributed by atoms with E-state index in [2.05, 4.69) is 27.1 Å². The average Bonchev–Trinajstić information content (AvgIpc) is 3.00. The molecule has 2 aromatic heterocycles. The van der Waals surface area contributed by atoms with Gasteiger partial charge in [0.15, 0.2) is 15.7 Å². The second-order valence-electron chi connectivity index (χ2n) is 4.60. The maximum Gasteiger partial charge on any atom is 0.255 e. The van der Waals surface area contributed by atoms with Crippen LogP contribution >= 0.6 is 23.6 Å². The highest BCUT2D eigenvalue weighted by molar-refractivity contribution is 7.71. The smallest absolute Gasteiger partial charge is 0.255 e. The predicted molar refractivity (Wildman–Crippen MR) is 88.5 cm³/mol. The number of nitrogens with zero attached hydrogens (tertiary/aromatic N) is 3. The Morgan fingerprint density at radius 3 is 3.00 bits per heavy atom. The van der Waals surface area contributed by atoms with Gasteiger partial charge in [-0.15, -0.1) is 6.58 Å². The highest BCUT2D eigenvalue weighted by Gasteiger charge is 2.18. The SMILES string of the molecule is C=CCO[C@@H](C)C(=O)Nc1nc(C)c(-c2n[nH]c(=S)n2C)s1. The molecule has 2 aromatic rings. The van der Waals surface area contributed by atoms with Crippen molar-refractivity contribution >= 4 is 34.6 Å². The molecule has 0 aromatic carbocycles. The number of rotatable bonds is 6. The number of anilines is 1. The molecular weight excluding hydrogens is 322 g/mol. The van der Waals surface area contributed by atoms with E-state index in [9.17, 15) is 4.79 Å². The lowest BCUT2D eigenvalue weighted by Crippen LogP contribution is -2.27. The van der Waals surface area contributed by atoms with Crippen LogP contribution in [-0.2, 0) is 16.6 Å². The molecule has 0 unspecified atom stereocenters. The summed E-state index contributed by atoms with van der Waals surface area (Å²) in [4.78, 5) is 17.2. The summed E-state index contributed by atoms with van der Waals surface area (Å²) in [6.07, 6.45) is 1.02. The molecule has 0 aliphatic heterocycles. The average molecular weight is 339 g/mol. The Hall–Kier alpha value is -1.84. The molecule has 2 N–H and O–H groups in total. The quantitative estimate of drug-likeness (QED) is 0.624. The number of carbonyl (C=O) groups is 1. The lowest BCUT2D eigenvalue weighted by molar-refractivity contribution is -0.125. The van der Waals surface area contributed by atoms with Crippen molar-refractivity contribution < 1.29 is 9.53 Å². The monoisotopic (exact) mass is 339 g/mol. The standard InChI is InChI=1S/C13H17N5O2S2/c1-5-6-20-8(3)11(19)15-12-14-7(2)9(22-12)10-16-17-13(21)18(10)4/h5,8H,1,6H2,2-4H3,(H,17,21)(H,14,15,19)/t8-/m0/s1. The van der Waals surface area contributed by atoms with Gasteiger partial charge in [0, 0.05) is 7.05 Å². The molecular formula is C13H17N5O2S2. The van der Waals surface area contributed by atoms with Crippen LogP contribution < -0.4 is 5.32 Å². The summed E-state index contributed by atoms with van der Waals surface area (Å²) < 4.78 is 7.57. The zero-order chi connectivity index (χ0) is 16.3. The zero-order valence-electron chi connectivity index (χ0n) is 12.5. The van der Waals surface area contributed by atoms with Crippen LogP contribution in [0.15, 0.2) is 12.7 Å². The third-order valence-electron chi connectivity index (χ3n) is 2.94. The number of aromatic amines is 1. The molecule has 0 radical (unpaired) electrons. The summed E-state index contributed by atoms with van der Waals surface area (Å²) in [7, 11) is 1.82. The molecule has 2 rings (SSSR count). The summed E-state index contributed by atoms with van der Waals surface area (Å²) >= 11 is 6.44. The van der Waals surface area contributed by atoms with Crippen LogP contribution in [0.4, 0.5) is 5.13 Å². The number of hydrogen-bond acceptors (Lipinski definition) is 6. The lowest BCUT2D eigenvalue weighted by atomic mass is 10.4. The number of H-pyrrole nitrogens is 1. The van der Waals surface area contributed by atoms with E-state index in [0.29, 0.717) is 22.3 Å². The van der Waals surface area contributed by atoms with Gasteiger partial charge in [-0.25, -0.2) is 4.98 Å². The Balaban J connectivity index is 2.16. The van der Waals surface area contributed by atoms with Gasteiger partial charge >= 0.3 is 0 Å². The number of amides is 1. The third kappa shape index (κ3) is 3.49. The van der Waals surface area contributed by atoms with Crippen LogP contribution in [0.5, 0.6) is 0 Å². The van der Waals surface area contributed by atoms with Gasteiger partial charge in [-0.05, 0) is 26.1 Å². The van der Waals surface area contributed by atoms with Gasteiger partial charge < -0.3 is 9.30 Å².